The first kappa shape index (κ1) is 26.6. The van der Waals surface area contributed by atoms with Crippen LogP contribution in [0.4, 0.5) is 0 Å². The van der Waals surface area contributed by atoms with E-state index in [1.165, 1.54) is 0 Å². The molecular weight excluding hydrogens is 420 g/mol. The van der Waals surface area contributed by atoms with Gasteiger partial charge in [-0.05, 0) is 17.9 Å². The van der Waals surface area contributed by atoms with E-state index in [1.54, 1.807) is 30.3 Å². The summed E-state index contributed by atoms with van der Waals surface area (Å²) in [5, 5.41) is 25.2. The number of carboxylic acids is 2. The molecule has 0 saturated heterocycles. The number of hydrogen-bond donors (Lipinski definition) is 6. The number of rotatable bonds is 13. The van der Waals surface area contributed by atoms with E-state index < -0.39 is 60.8 Å². The van der Waals surface area contributed by atoms with E-state index in [0.29, 0.717) is 0 Å². The van der Waals surface area contributed by atoms with Gasteiger partial charge in [0.05, 0.1) is 19.0 Å². The molecule has 0 saturated carbocycles. The number of benzene rings is 1. The minimum atomic E-state index is -1.33. The standard InChI is InChI=1S/C21H30N4O7/c1-12(2)8-15(25-19(29)14(22)10-18(27)28)20(30)23-11-17(26)24-16(21(31)32)9-13-6-4-3-5-7-13/h3-7,12,14-16H,8-11,22H2,1-2H3,(H,23,30)(H,24,26)(H,25,29)(H,27,28)(H,31,32). The van der Waals surface area contributed by atoms with Gasteiger partial charge in [-0.15, -0.1) is 0 Å². The molecule has 3 amide bonds. The molecule has 176 valence electrons. The van der Waals surface area contributed by atoms with Crippen molar-refractivity contribution in [2.24, 2.45) is 11.7 Å². The molecule has 0 fully saturated rings. The summed E-state index contributed by atoms with van der Waals surface area (Å²) in [6, 6.07) is 5.22. The van der Waals surface area contributed by atoms with E-state index in [0.717, 1.165) is 5.56 Å². The monoisotopic (exact) mass is 450 g/mol. The average molecular weight is 450 g/mol. The second kappa shape index (κ2) is 13.1. The van der Waals surface area contributed by atoms with Gasteiger partial charge in [-0.1, -0.05) is 44.2 Å². The average Bonchev–Trinajstić information content (AvgIpc) is 2.70. The summed E-state index contributed by atoms with van der Waals surface area (Å²) in [4.78, 5) is 58.9. The van der Waals surface area contributed by atoms with Crippen molar-refractivity contribution in [3.05, 3.63) is 35.9 Å². The fourth-order valence-corrected chi connectivity index (χ4v) is 2.85. The SMILES string of the molecule is CC(C)CC(NC(=O)C(N)CC(=O)O)C(=O)NCC(=O)NC(Cc1ccccc1)C(=O)O. The molecule has 0 heterocycles. The molecule has 11 heteroatoms. The quantitative estimate of drug-likeness (QED) is 0.226. The van der Waals surface area contributed by atoms with Crippen LogP contribution in [0.25, 0.3) is 0 Å². The van der Waals surface area contributed by atoms with Crippen LogP contribution in [0.1, 0.15) is 32.3 Å². The second-order valence-electron chi connectivity index (χ2n) is 7.76. The maximum Gasteiger partial charge on any atom is 0.326 e. The summed E-state index contributed by atoms with van der Waals surface area (Å²) >= 11 is 0. The highest BCUT2D eigenvalue weighted by Crippen LogP contribution is 2.06. The molecule has 0 aliphatic rings. The minimum absolute atomic E-state index is 0.00200. The molecule has 0 aromatic heterocycles. The lowest BCUT2D eigenvalue weighted by molar-refractivity contribution is -0.141. The zero-order valence-electron chi connectivity index (χ0n) is 18.0. The van der Waals surface area contributed by atoms with Crippen LogP contribution < -0.4 is 21.7 Å². The lowest BCUT2D eigenvalue weighted by Crippen LogP contribution is -2.54. The largest absolute Gasteiger partial charge is 0.481 e. The van der Waals surface area contributed by atoms with Crippen molar-refractivity contribution in [3.63, 3.8) is 0 Å². The van der Waals surface area contributed by atoms with E-state index in [2.05, 4.69) is 16.0 Å². The highest BCUT2D eigenvalue weighted by atomic mass is 16.4. The summed E-state index contributed by atoms with van der Waals surface area (Å²) in [7, 11) is 0. The Labute approximate surface area is 185 Å². The Morgan fingerprint density at radius 1 is 0.938 bits per heavy atom. The fourth-order valence-electron chi connectivity index (χ4n) is 2.85. The highest BCUT2D eigenvalue weighted by molar-refractivity contribution is 5.93. The summed E-state index contributed by atoms with van der Waals surface area (Å²) in [6.45, 7) is 3.14. The predicted octanol–water partition coefficient (Wildman–Crippen LogP) is -0.752. The molecule has 32 heavy (non-hydrogen) atoms. The molecule has 1 aromatic carbocycles. The van der Waals surface area contributed by atoms with Crippen molar-refractivity contribution >= 4 is 29.7 Å². The molecule has 3 unspecified atom stereocenters. The van der Waals surface area contributed by atoms with Gasteiger partial charge in [0.2, 0.25) is 17.7 Å². The van der Waals surface area contributed by atoms with Gasteiger partial charge in [0.1, 0.15) is 12.1 Å². The van der Waals surface area contributed by atoms with Crippen molar-refractivity contribution < 1.29 is 34.2 Å². The maximum atomic E-state index is 12.5. The van der Waals surface area contributed by atoms with Gasteiger partial charge in [-0.25, -0.2) is 4.79 Å². The Bertz CT molecular complexity index is 814. The van der Waals surface area contributed by atoms with Crippen LogP contribution in [0.2, 0.25) is 0 Å². The summed E-state index contributed by atoms with van der Waals surface area (Å²) < 4.78 is 0. The molecule has 11 nitrogen and oxygen atoms in total. The highest BCUT2D eigenvalue weighted by Gasteiger charge is 2.26. The molecule has 0 bridgehead atoms. The van der Waals surface area contributed by atoms with Crippen LogP contribution in [0, 0.1) is 5.92 Å². The van der Waals surface area contributed by atoms with Crippen molar-refractivity contribution in [3.8, 4) is 0 Å². The molecule has 1 aromatic rings. The number of amides is 3. The molecule has 3 atom stereocenters. The molecule has 0 radical (unpaired) electrons. The second-order valence-corrected chi connectivity index (χ2v) is 7.76. The van der Waals surface area contributed by atoms with Crippen LogP contribution in [0.15, 0.2) is 30.3 Å². The Morgan fingerprint density at radius 3 is 2.09 bits per heavy atom. The van der Waals surface area contributed by atoms with Crippen LogP contribution in [-0.2, 0) is 30.4 Å². The Morgan fingerprint density at radius 2 is 1.56 bits per heavy atom. The Kier molecular flexibility index (Phi) is 10.8. The first-order valence-corrected chi connectivity index (χ1v) is 10.1. The number of nitrogens with one attached hydrogen (secondary N) is 3. The third-order valence-electron chi connectivity index (χ3n) is 4.41. The third kappa shape index (κ3) is 10.0. The molecular formula is C21H30N4O7. The van der Waals surface area contributed by atoms with E-state index in [1.807, 2.05) is 13.8 Å². The minimum Gasteiger partial charge on any atom is -0.481 e. The van der Waals surface area contributed by atoms with Crippen molar-refractivity contribution in [2.75, 3.05) is 6.54 Å². The van der Waals surface area contributed by atoms with E-state index >= 15 is 0 Å². The van der Waals surface area contributed by atoms with E-state index in [4.69, 9.17) is 10.8 Å². The van der Waals surface area contributed by atoms with E-state index in [-0.39, 0.29) is 18.8 Å². The Hall–Kier alpha value is -3.47. The summed E-state index contributed by atoms with van der Waals surface area (Å²) in [5.74, 6) is -4.65. The van der Waals surface area contributed by atoms with Crippen LogP contribution in [0.5, 0.6) is 0 Å². The van der Waals surface area contributed by atoms with Gasteiger partial charge in [0, 0.05) is 6.42 Å². The van der Waals surface area contributed by atoms with Crippen molar-refractivity contribution in [1.82, 2.24) is 16.0 Å². The number of carboxylic acid groups (broad SMARTS) is 2. The van der Waals surface area contributed by atoms with Crippen molar-refractivity contribution in [2.45, 2.75) is 51.2 Å². The third-order valence-corrected chi connectivity index (χ3v) is 4.41. The number of hydrogen-bond acceptors (Lipinski definition) is 6. The number of nitrogens with two attached hydrogens (primary N) is 1. The van der Waals surface area contributed by atoms with Gasteiger partial charge in [-0.3, -0.25) is 19.2 Å². The van der Waals surface area contributed by atoms with Crippen LogP contribution >= 0.6 is 0 Å². The molecule has 0 aliphatic heterocycles. The number of carbonyl (C=O) groups excluding carboxylic acids is 3. The molecule has 1 rings (SSSR count). The predicted molar refractivity (Wildman–Crippen MR) is 114 cm³/mol. The number of carbonyl (C=O) groups is 5. The number of aliphatic carboxylic acids is 2. The van der Waals surface area contributed by atoms with Gasteiger partial charge in [-0.2, -0.15) is 0 Å². The summed E-state index contributed by atoms with van der Waals surface area (Å²) in [6.07, 6.45) is -0.295. The normalized spacial score (nSPS) is 13.5. The lowest BCUT2D eigenvalue weighted by Gasteiger charge is -2.22. The Balaban J connectivity index is 2.67. The van der Waals surface area contributed by atoms with Crippen LogP contribution in [0.3, 0.4) is 0 Å². The first-order valence-electron chi connectivity index (χ1n) is 10.1. The maximum absolute atomic E-state index is 12.5. The van der Waals surface area contributed by atoms with E-state index in [9.17, 15) is 29.1 Å². The van der Waals surface area contributed by atoms with Gasteiger partial charge >= 0.3 is 11.9 Å². The first-order chi connectivity index (χ1) is 15.0. The van der Waals surface area contributed by atoms with Crippen LogP contribution in [-0.4, -0.2) is 64.5 Å². The van der Waals surface area contributed by atoms with Gasteiger partial charge in [0.25, 0.3) is 0 Å². The topological polar surface area (TPSA) is 188 Å². The molecule has 0 spiro atoms. The van der Waals surface area contributed by atoms with Crippen molar-refractivity contribution in [1.29, 1.82) is 0 Å². The molecule has 7 N–H and O–H groups in total. The zero-order chi connectivity index (χ0) is 24.3. The molecule has 0 aliphatic carbocycles. The van der Waals surface area contributed by atoms with Gasteiger partial charge in [0.15, 0.2) is 0 Å². The fraction of sp³-hybridized carbons (Fsp3) is 0.476. The van der Waals surface area contributed by atoms with Gasteiger partial charge < -0.3 is 31.9 Å². The lowest BCUT2D eigenvalue weighted by atomic mass is 10.0. The smallest absolute Gasteiger partial charge is 0.326 e. The summed E-state index contributed by atoms with van der Waals surface area (Å²) in [5.41, 5.74) is 6.25. The zero-order valence-corrected chi connectivity index (χ0v) is 18.0.